The van der Waals surface area contributed by atoms with Crippen LogP contribution in [0.3, 0.4) is 0 Å². The molecule has 1 saturated heterocycles. The number of piperazine rings is 1. The van der Waals surface area contributed by atoms with Crippen molar-refractivity contribution in [1.82, 2.24) is 14.7 Å². The molecule has 1 fully saturated rings. The highest BCUT2D eigenvalue weighted by Gasteiger charge is 2.24. The second kappa shape index (κ2) is 8.77. The highest BCUT2D eigenvalue weighted by molar-refractivity contribution is 6.30. The molecule has 4 rings (SSSR count). The largest absolute Gasteiger partial charge is 0.451 e. The zero-order valence-electron chi connectivity index (χ0n) is 17.0. The fourth-order valence-electron chi connectivity index (χ4n) is 3.62. The Bertz CT molecular complexity index is 1200. The Hall–Kier alpha value is -3.39. The van der Waals surface area contributed by atoms with E-state index in [-0.39, 0.29) is 23.8 Å². The van der Waals surface area contributed by atoms with Gasteiger partial charge < -0.3 is 14.5 Å². The third-order valence-electron chi connectivity index (χ3n) is 5.28. The Morgan fingerprint density at radius 3 is 2.45 bits per heavy atom. The standard InChI is InChI=1S/C22H21ClN4O4/c1-25-21(29)18-8-3-2-7-17(18)20(24-25)22(30)31-14-19(28)27-11-9-26(10-12-27)16-6-4-5-15(23)13-16/h2-8,13H,9-12,14H2,1H3. The van der Waals surface area contributed by atoms with Crippen molar-refractivity contribution >= 4 is 39.9 Å². The molecule has 2 aromatic carbocycles. The van der Waals surface area contributed by atoms with Gasteiger partial charge in [0.2, 0.25) is 0 Å². The van der Waals surface area contributed by atoms with E-state index in [1.54, 1.807) is 29.2 Å². The molecular formula is C22H21ClN4O4. The molecule has 0 unspecified atom stereocenters. The van der Waals surface area contributed by atoms with Crippen molar-refractivity contribution in [3.8, 4) is 0 Å². The molecule has 31 heavy (non-hydrogen) atoms. The Morgan fingerprint density at radius 1 is 1.03 bits per heavy atom. The second-order valence-corrected chi connectivity index (χ2v) is 7.68. The average Bonchev–Trinajstić information content (AvgIpc) is 2.79. The summed E-state index contributed by atoms with van der Waals surface area (Å²) in [7, 11) is 1.47. The summed E-state index contributed by atoms with van der Waals surface area (Å²) < 4.78 is 6.33. The lowest BCUT2D eigenvalue weighted by molar-refractivity contribution is -0.134. The third-order valence-corrected chi connectivity index (χ3v) is 5.52. The SMILES string of the molecule is Cn1nc(C(=O)OCC(=O)N2CCN(c3cccc(Cl)c3)CC2)c2ccccc2c1=O. The van der Waals surface area contributed by atoms with Crippen LogP contribution in [-0.4, -0.2) is 59.3 Å². The number of carbonyl (C=O) groups excluding carboxylic acids is 2. The second-order valence-electron chi connectivity index (χ2n) is 7.25. The summed E-state index contributed by atoms with van der Waals surface area (Å²) in [6.45, 7) is 1.97. The molecule has 0 N–H and O–H groups in total. The van der Waals surface area contributed by atoms with Crippen molar-refractivity contribution in [2.45, 2.75) is 0 Å². The fourth-order valence-corrected chi connectivity index (χ4v) is 3.81. The highest BCUT2D eigenvalue weighted by Crippen LogP contribution is 2.21. The number of hydrogen-bond donors (Lipinski definition) is 0. The van der Waals surface area contributed by atoms with Crippen LogP contribution in [0.1, 0.15) is 10.5 Å². The van der Waals surface area contributed by atoms with E-state index in [4.69, 9.17) is 16.3 Å². The van der Waals surface area contributed by atoms with Gasteiger partial charge in [0.05, 0.1) is 5.39 Å². The van der Waals surface area contributed by atoms with Crippen molar-refractivity contribution in [1.29, 1.82) is 0 Å². The summed E-state index contributed by atoms with van der Waals surface area (Å²) in [4.78, 5) is 41.2. The summed E-state index contributed by atoms with van der Waals surface area (Å²) >= 11 is 6.06. The Balaban J connectivity index is 1.38. The van der Waals surface area contributed by atoms with E-state index in [1.165, 1.54) is 7.05 Å². The summed E-state index contributed by atoms with van der Waals surface area (Å²) in [5.74, 6) is -1.01. The lowest BCUT2D eigenvalue weighted by Crippen LogP contribution is -2.50. The molecule has 0 bridgehead atoms. The summed E-state index contributed by atoms with van der Waals surface area (Å²) in [6, 6.07) is 14.3. The molecule has 2 heterocycles. The maximum absolute atomic E-state index is 12.6. The summed E-state index contributed by atoms with van der Waals surface area (Å²) in [5.41, 5.74) is 0.718. The predicted molar refractivity (Wildman–Crippen MR) is 118 cm³/mol. The van der Waals surface area contributed by atoms with E-state index < -0.39 is 5.97 Å². The quantitative estimate of drug-likeness (QED) is 0.577. The van der Waals surface area contributed by atoms with E-state index in [0.717, 1.165) is 10.4 Å². The monoisotopic (exact) mass is 440 g/mol. The molecule has 160 valence electrons. The molecule has 1 aromatic heterocycles. The lowest BCUT2D eigenvalue weighted by Gasteiger charge is -2.36. The first-order valence-corrected chi connectivity index (χ1v) is 10.2. The van der Waals surface area contributed by atoms with Crippen molar-refractivity contribution in [2.75, 3.05) is 37.7 Å². The van der Waals surface area contributed by atoms with Gasteiger partial charge in [0, 0.05) is 49.3 Å². The number of rotatable bonds is 4. The van der Waals surface area contributed by atoms with Gasteiger partial charge in [-0.3, -0.25) is 9.59 Å². The van der Waals surface area contributed by atoms with Crippen LogP contribution in [0.5, 0.6) is 0 Å². The van der Waals surface area contributed by atoms with Crippen molar-refractivity contribution in [3.05, 3.63) is 69.6 Å². The smallest absolute Gasteiger partial charge is 0.359 e. The van der Waals surface area contributed by atoms with Gasteiger partial charge in [0.25, 0.3) is 11.5 Å². The maximum Gasteiger partial charge on any atom is 0.359 e. The van der Waals surface area contributed by atoms with Crippen LogP contribution in [0.4, 0.5) is 5.69 Å². The molecule has 0 atom stereocenters. The number of anilines is 1. The van der Waals surface area contributed by atoms with Gasteiger partial charge in [-0.15, -0.1) is 0 Å². The number of nitrogens with zero attached hydrogens (tertiary/aromatic N) is 4. The molecule has 3 aromatic rings. The zero-order chi connectivity index (χ0) is 22.0. The first-order valence-electron chi connectivity index (χ1n) is 9.85. The molecule has 0 spiro atoms. The molecule has 9 heteroatoms. The Labute approximate surface area is 183 Å². The number of aryl methyl sites for hydroxylation is 1. The number of amides is 1. The normalized spacial score (nSPS) is 14.0. The third kappa shape index (κ3) is 4.39. The number of halogens is 1. The highest BCUT2D eigenvalue weighted by atomic mass is 35.5. The molecule has 0 aliphatic carbocycles. The van der Waals surface area contributed by atoms with Crippen LogP contribution < -0.4 is 10.5 Å². The summed E-state index contributed by atoms with van der Waals surface area (Å²) in [5, 5.41) is 5.47. The lowest BCUT2D eigenvalue weighted by atomic mass is 10.1. The van der Waals surface area contributed by atoms with E-state index in [1.807, 2.05) is 24.3 Å². The van der Waals surface area contributed by atoms with Gasteiger partial charge in [0.15, 0.2) is 12.3 Å². The van der Waals surface area contributed by atoms with E-state index in [0.29, 0.717) is 42.0 Å². The number of carbonyl (C=O) groups is 2. The number of esters is 1. The Kier molecular flexibility index (Phi) is 5.90. The minimum atomic E-state index is -0.738. The number of benzene rings is 2. The van der Waals surface area contributed by atoms with E-state index in [9.17, 15) is 14.4 Å². The minimum Gasteiger partial charge on any atom is -0.451 e. The number of fused-ring (bicyclic) bond motifs is 1. The molecule has 1 aliphatic rings. The topological polar surface area (TPSA) is 84.7 Å². The van der Waals surface area contributed by atoms with E-state index in [2.05, 4.69) is 10.00 Å². The van der Waals surface area contributed by atoms with Crippen LogP contribution in [0.25, 0.3) is 10.8 Å². The molecule has 8 nitrogen and oxygen atoms in total. The maximum atomic E-state index is 12.6. The van der Waals surface area contributed by atoms with Crippen LogP contribution >= 0.6 is 11.6 Å². The molecule has 0 saturated carbocycles. The van der Waals surface area contributed by atoms with Crippen LogP contribution in [-0.2, 0) is 16.6 Å². The molecule has 0 radical (unpaired) electrons. The van der Waals surface area contributed by atoms with Gasteiger partial charge in [-0.05, 0) is 24.3 Å². The van der Waals surface area contributed by atoms with Gasteiger partial charge in [0.1, 0.15) is 0 Å². The minimum absolute atomic E-state index is 0.0104. The number of hydrogen-bond acceptors (Lipinski definition) is 6. The average molecular weight is 441 g/mol. The van der Waals surface area contributed by atoms with Crippen LogP contribution in [0.15, 0.2) is 53.3 Å². The first kappa shape index (κ1) is 20.9. The van der Waals surface area contributed by atoms with Gasteiger partial charge in [-0.25, -0.2) is 9.48 Å². The van der Waals surface area contributed by atoms with Gasteiger partial charge in [-0.1, -0.05) is 35.9 Å². The van der Waals surface area contributed by atoms with Gasteiger partial charge >= 0.3 is 5.97 Å². The summed E-state index contributed by atoms with van der Waals surface area (Å²) in [6.07, 6.45) is 0. The Morgan fingerprint density at radius 2 is 1.74 bits per heavy atom. The van der Waals surface area contributed by atoms with E-state index >= 15 is 0 Å². The zero-order valence-corrected chi connectivity index (χ0v) is 17.7. The molecule has 1 aliphatic heterocycles. The fraction of sp³-hybridized carbons (Fsp3) is 0.273. The number of ether oxygens (including phenoxy) is 1. The first-order chi connectivity index (χ1) is 14.9. The van der Waals surface area contributed by atoms with Crippen molar-refractivity contribution in [2.24, 2.45) is 7.05 Å². The van der Waals surface area contributed by atoms with Crippen LogP contribution in [0, 0.1) is 0 Å². The van der Waals surface area contributed by atoms with Gasteiger partial charge in [-0.2, -0.15) is 5.10 Å². The molecule has 1 amide bonds. The van der Waals surface area contributed by atoms with Crippen molar-refractivity contribution < 1.29 is 14.3 Å². The van der Waals surface area contributed by atoms with Crippen LogP contribution in [0.2, 0.25) is 5.02 Å². The molecular weight excluding hydrogens is 420 g/mol. The van der Waals surface area contributed by atoms with Crippen molar-refractivity contribution in [3.63, 3.8) is 0 Å². The number of aromatic nitrogens is 2. The predicted octanol–water partition coefficient (Wildman–Crippen LogP) is 2.09.